The van der Waals surface area contributed by atoms with E-state index >= 15 is 0 Å². The predicted molar refractivity (Wildman–Crippen MR) is 107 cm³/mol. The Bertz CT molecular complexity index is 785. The van der Waals surface area contributed by atoms with E-state index in [1.807, 2.05) is 6.07 Å². The van der Waals surface area contributed by atoms with E-state index in [2.05, 4.69) is 49.5 Å². The standard InChI is InChI=1S/C23H28N2O2/c1-23(2,13-17-11-18-7-3-4-8-19(18)12-17)25-15-21(26)16-27-22-10-6-5-9-20(22)14-24/h3-10,17,21,25-26H,11-13,15-16H2,1-2H3/t21-/m1/s1. The third kappa shape index (κ3) is 5.32. The van der Waals surface area contributed by atoms with Crippen molar-refractivity contribution in [1.29, 1.82) is 5.26 Å². The Kier molecular flexibility index (Phi) is 6.15. The fourth-order valence-corrected chi connectivity index (χ4v) is 3.91. The van der Waals surface area contributed by atoms with Crippen LogP contribution in [0.1, 0.15) is 37.0 Å². The van der Waals surface area contributed by atoms with Crippen LogP contribution in [0.3, 0.4) is 0 Å². The van der Waals surface area contributed by atoms with Crippen molar-refractivity contribution in [3.8, 4) is 11.8 Å². The van der Waals surface area contributed by atoms with Gasteiger partial charge in [-0.3, -0.25) is 0 Å². The molecule has 0 saturated heterocycles. The van der Waals surface area contributed by atoms with Crippen LogP contribution >= 0.6 is 0 Å². The van der Waals surface area contributed by atoms with Gasteiger partial charge in [0.05, 0.1) is 5.56 Å². The summed E-state index contributed by atoms with van der Waals surface area (Å²) in [5.41, 5.74) is 3.38. The number of nitriles is 1. The Morgan fingerprint density at radius 3 is 2.44 bits per heavy atom. The summed E-state index contributed by atoms with van der Waals surface area (Å²) in [5.74, 6) is 1.16. The highest BCUT2D eigenvalue weighted by molar-refractivity contribution is 5.42. The van der Waals surface area contributed by atoms with Crippen LogP contribution in [0.25, 0.3) is 0 Å². The van der Waals surface area contributed by atoms with Gasteiger partial charge in [-0.2, -0.15) is 5.26 Å². The minimum Gasteiger partial charge on any atom is -0.489 e. The number of benzene rings is 2. The Morgan fingerprint density at radius 2 is 1.78 bits per heavy atom. The normalized spacial score (nSPS) is 15.2. The van der Waals surface area contributed by atoms with Crippen molar-refractivity contribution in [2.45, 2.75) is 44.8 Å². The third-order valence-electron chi connectivity index (χ3n) is 5.19. The highest BCUT2D eigenvalue weighted by Crippen LogP contribution is 2.31. The number of ether oxygens (including phenoxy) is 1. The molecule has 1 atom stereocenters. The van der Waals surface area contributed by atoms with E-state index in [0.29, 0.717) is 23.8 Å². The molecule has 0 heterocycles. The van der Waals surface area contributed by atoms with Crippen LogP contribution in [0.2, 0.25) is 0 Å². The Labute approximate surface area is 161 Å². The lowest BCUT2D eigenvalue weighted by atomic mass is 9.88. The first kappa shape index (κ1) is 19.4. The maximum Gasteiger partial charge on any atom is 0.137 e. The van der Waals surface area contributed by atoms with Gasteiger partial charge >= 0.3 is 0 Å². The van der Waals surface area contributed by atoms with Crippen LogP contribution in [0.4, 0.5) is 0 Å². The molecule has 1 aliphatic carbocycles. The van der Waals surface area contributed by atoms with Crippen LogP contribution in [0.5, 0.6) is 5.75 Å². The molecule has 0 radical (unpaired) electrons. The van der Waals surface area contributed by atoms with Crippen molar-refractivity contribution in [3.05, 3.63) is 65.2 Å². The number of hydrogen-bond acceptors (Lipinski definition) is 4. The number of nitrogens with zero attached hydrogens (tertiary/aromatic N) is 1. The van der Waals surface area contributed by atoms with E-state index < -0.39 is 6.10 Å². The van der Waals surface area contributed by atoms with Gasteiger partial charge in [-0.25, -0.2) is 0 Å². The summed E-state index contributed by atoms with van der Waals surface area (Å²) in [6, 6.07) is 17.9. The molecule has 0 bridgehead atoms. The molecule has 2 aromatic rings. The monoisotopic (exact) mass is 364 g/mol. The van der Waals surface area contributed by atoms with Crippen LogP contribution < -0.4 is 10.1 Å². The highest BCUT2D eigenvalue weighted by atomic mass is 16.5. The lowest BCUT2D eigenvalue weighted by Gasteiger charge is -2.30. The van der Waals surface area contributed by atoms with E-state index in [4.69, 9.17) is 10.00 Å². The van der Waals surface area contributed by atoms with Crippen molar-refractivity contribution in [3.63, 3.8) is 0 Å². The second-order valence-electron chi connectivity index (χ2n) is 8.08. The van der Waals surface area contributed by atoms with Crippen LogP contribution in [-0.4, -0.2) is 29.9 Å². The minimum absolute atomic E-state index is 0.0573. The molecule has 2 aromatic carbocycles. The molecule has 0 spiro atoms. The van der Waals surface area contributed by atoms with Gasteiger partial charge in [0.15, 0.2) is 0 Å². The Morgan fingerprint density at radius 1 is 1.15 bits per heavy atom. The summed E-state index contributed by atoms with van der Waals surface area (Å²) in [6.07, 6.45) is 2.71. The van der Waals surface area contributed by atoms with Gasteiger partial charge in [-0.05, 0) is 62.3 Å². The second-order valence-corrected chi connectivity index (χ2v) is 8.08. The topological polar surface area (TPSA) is 65.3 Å². The average molecular weight is 364 g/mol. The molecule has 4 nitrogen and oxygen atoms in total. The lowest BCUT2D eigenvalue weighted by Crippen LogP contribution is -2.46. The molecule has 2 N–H and O–H groups in total. The maximum atomic E-state index is 10.3. The van der Waals surface area contributed by atoms with E-state index in [-0.39, 0.29) is 12.1 Å². The number of aliphatic hydroxyl groups is 1. The summed E-state index contributed by atoms with van der Waals surface area (Å²) in [6.45, 7) is 5.00. The van der Waals surface area contributed by atoms with Crippen molar-refractivity contribution in [2.24, 2.45) is 5.92 Å². The Balaban J connectivity index is 1.44. The zero-order chi connectivity index (χ0) is 19.3. The summed E-state index contributed by atoms with van der Waals surface area (Å²) < 4.78 is 5.62. The molecule has 27 heavy (non-hydrogen) atoms. The fraction of sp³-hybridized carbons (Fsp3) is 0.435. The zero-order valence-electron chi connectivity index (χ0n) is 16.1. The van der Waals surface area contributed by atoms with Crippen molar-refractivity contribution in [2.75, 3.05) is 13.2 Å². The summed E-state index contributed by atoms with van der Waals surface area (Å²) in [4.78, 5) is 0. The van der Waals surface area contributed by atoms with Gasteiger partial charge in [0, 0.05) is 12.1 Å². The average Bonchev–Trinajstić information content (AvgIpc) is 3.06. The molecule has 0 unspecified atom stereocenters. The molecule has 1 aliphatic rings. The van der Waals surface area contributed by atoms with Gasteiger partial charge in [-0.1, -0.05) is 36.4 Å². The SMILES string of the molecule is CC(C)(CC1Cc2ccccc2C1)NC[C@@H](O)COc1ccccc1C#N. The first-order valence-electron chi connectivity index (χ1n) is 9.58. The van der Waals surface area contributed by atoms with Gasteiger partial charge in [0.25, 0.3) is 0 Å². The molecule has 0 fully saturated rings. The number of β-amino-alcohol motifs (C(OH)–C–C–N with tert-alkyl or cyclic N) is 1. The molecule has 3 rings (SSSR count). The number of fused-ring (bicyclic) bond motifs is 1. The Hall–Kier alpha value is -2.35. The summed E-state index contributed by atoms with van der Waals surface area (Å²) >= 11 is 0. The first-order valence-corrected chi connectivity index (χ1v) is 9.58. The van der Waals surface area contributed by atoms with Crippen LogP contribution in [-0.2, 0) is 12.8 Å². The minimum atomic E-state index is -0.628. The van der Waals surface area contributed by atoms with E-state index in [1.165, 1.54) is 11.1 Å². The number of rotatable bonds is 8. The predicted octanol–water partition coefficient (Wildman–Crippen LogP) is 3.47. The molecule has 4 heteroatoms. The summed E-state index contributed by atoms with van der Waals surface area (Å²) in [7, 11) is 0. The number of hydrogen-bond donors (Lipinski definition) is 2. The van der Waals surface area contributed by atoms with Crippen molar-refractivity contribution in [1.82, 2.24) is 5.32 Å². The van der Waals surface area contributed by atoms with E-state index in [9.17, 15) is 5.11 Å². The third-order valence-corrected chi connectivity index (χ3v) is 5.19. The van der Waals surface area contributed by atoms with Crippen molar-refractivity contribution >= 4 is 0 Å². The molecular weight excluding hydrogens is 336 g/mol. The van der Waals surface area contributed by atoms with E-state index in [1.54, 1.807) is 18.2 Å². The molecule has 0 aliphatic heterocycles. The van der Waals surface area contributed by atoms with Crippen LogP contribution in [0, 0.1) is 17.2 Å². The van der Waals surface area contributed by atoms with E-state index in [0.717, 1.165) is 19.3 Å². The lowest BCUT2D eigenvalue weighted by molar-refractivity contribution is 0.0965. The number of nitrogens with one attached hydrogen (secondary N) is 1. The molecule has 0 amide bonds. The number of aliphatic hydroxyl groups excluding tert-OH is 1. The quantitative estimate of drug-likeness (QED) is 0.753. The van der Waals surface area contributed by atoms with Gasteiger partial charge in [0.2, 0.25) is 0 Å². The molecule has 142 valence electrons. The largest absolute Gasteiger partial charge is 0.489 e. The van der Waals surface area contributed by atoms with Gasteiger partial charge < -0.3 is 15.2 Å². The zero-order valence-corrected chi connectivity index (χ0v) is 16.1. The van der Waals surface area contributed by atoms with Gasteiger partial charge in [0.1, 0.15) is 24.5 Å². The first-order chi connectivity index (χ1) is 13.0. The molecule has 0 aromatic heterocycles. The molecular formula is C23H28N2O2. The molecule has 0 saturated carbocycles. The van der Waals surface area contributed by atoms with Gasteiger partial charge in [-0.15, -0.1) is 0 Å². The number of para-hydroxylation sites is 1. The summed E-state index contributed by atoms with van der Waals surface area (Å²) in [5, 5.41) is 22.8. The highest BCUT2D eigenvalue weighted by Gasteiger charge is 2.28. The van der Waals surface area contributed by atoms with Crippen LogP contribution in [0.15, 0.2) is 48.5 Å². The second kappa shape index (κ2) is 8.56. The van der Waals surface area contributed by atoms with Crippen molar-refractivity contribution < 1.29 is 9.84 Å². The fourth-order valence-electron chi connectivity index (χ4n) is 3.91. The maximum absolute atomic E-state index is 10.3. The smallest absolute Gasteiger partial charge is 0.137 e.